The van der Waals surface area contributed by atoms with E-state index in [4.69, 9.17) is 0 Å². The Morgan fingerprint density at radius 2 is 2.27 bits per heavy atom. The minimum atomic E-state index is -0.246. The lowest BCUT2D eigenvalue weighted by molar-refractivity contribution is 0.247. The van der Waals surface area contributed by atoms with Crippen molar-refractivity contribution in [3.05, 3.63) is 0 Å². The van der Waals surface area contributed by atoms with E-state index in [0.29, 0.717) is 6.04 Å². The van der Waals surface area contributed by atoms with Crippen molar-refractivity contribution in [2.75, 3.05) is 20.1 Å². The van der Waals surface area contributed by atoms with E-state index in [2.05, 4.69) is 37.2 Å². The Hall–Kier alpha value is -0.590. The van der Waals surface area contributed by atoms with E-state index < -0.39 is 0 Å². The zero-order chi connectivity index (χ0) is 11.3. The number of rotatable bonds is 5. The molecule has 86 valence electrons. The molecule has 2 unspecified atom stereocenters. The van der Waals surface area contributed by atoms with Gasteiger partial charge in [0.05, 0.1) is 6.07 Å². The van der Waals surface area contributed by atoms with Crippen LogP contribution in [0, 0.1) is 11.3 Å². The van der Waals surface area contributed by atoms with Gasteiger partial charge in [-0.15, -0.1) is 0 Å². The molecule has 15 heavy (non-hydrogen) atoms. The average molecular weight is 209 g/mol. The van der Waals surface area contributed by atoms with Gasteiger partial charge in [-0.1, -0.05) is 13.8 Å². The molecule has 3 nitrogen and oxygen atoms in total. The highest BCUT2D eigenvalue weighted by atomic mass is 15.1. The lowest BCUT2D eigenvalue weighted by Gasteiger charge is -2.26. The molecule has 1 fully saturated rings. The monoisotopic (exact) mass is 209 g/mol. The third-order valence-electron chi connectivity index (χ3n) is 3.54. The van der Waals surface area contributed by atoms with Crippen LogP contribution < -0.4 is 5.32 Å². The Kier molecular flexibility index (Phi) is 4.56. The van der Waals surface area contributed by atoms with Gasteiger partial charge in [-0.05, 0) is 45.8 Å². The van der Waals surface area contributed by atoms with Crippen LogP contribution >= 0.6 is 0 Å². The van der Waals surface area contributed by atoms with E-state index in [9.17, 15) is 5.26 Å². The van der Waals surface area contributed by atoms with Crippen molar-refractivity contribution in [2.24, 2.45) is 0 Å². The van der Waals surface area contributed by atoms with Crippen molar-refractivity contribution in [1.82, 2.24) is 10.2 Å². The van der Waals surface area contributed by atoms with Gasteiger partial charge in [0.15, 0.2) is 0 Å². The summed E-state index contributed by atoms with van der Waals surface area (Å²) in [7, 11) is 2.15. The van der Waals surface area contributed by atoms with Crippen LogP contribution in [0.3, 0.4) is 0 Å². The van der Waals surface area contributed by atoms with E-state index >= 15 is 0 Å². The molecule has 0 saturated heterocycles. The van der Waals surface area contributed by atoms with E-state index in [1.807, 2.05) is 0 Å². The van der Waals surface area contributed by atoms with E-state index in [1.165, 1.54) is 0 Å². The molecule has 0 aromatic carbocycles. The smallest absolute Gasteiger partial charge is 0.108 e. The van der Waals surface area contributed by atoms with Crippen molar-refractivity contribution in [3.8, 4) is 6.07 Å². The molecule has 1 aliphatic carbocycles. The van der Waals surface area contributed by atoms with Crippen LogP contribution in [-0.2, 0) is 0 Å². The Morgan fingerprint density at radius 1 is 1.53 bits per heavy atom. The normalized spacial score (nSPS) is 30.7. The third kappa shape index (κ3) is 2.93. The summed E-state index contributed by atoms with van der Waals surface area (Å²) in [6.45, 7) is 6.34. The first-order valence-corrected chi connectivity index (χ1v) is 6.04. The van der Waals surface area contributed by atoms with E-state index in [-0.39, 0.29) is 5.54 Å². The summed E-state index contributed by atoms with van der Waals surface area (Å²) in [5.74, 6) is 0. The summed E-state index contributed by atoms with van der Waals surface area (Å²) in [6.07, 6.45) is 4.22. The number of nitriles is 1. The van der Waals surface area contributed by atoms with Gasteiger partial charge in [-0.3, -0.25) is 5.32 Å². The highest BCUT2D eigenvalue weighted by Gasteiger charge is 2.39. The predicted molar refractivity (Wildman–Crippen MR) is 62.6 cm³/mol. The lowest BCUT2D eigenvalue weighted by atomic mass is 9.99. The minimum absolute atomic E-state index is 0.246. The Labute approximate surface area is 93.5 Å². The van der Waals surface area contributed by atoms with Gasteiger partial charge in [0.25, 0.3) is 0 Å². The van der Waals surface area contributed by atoms with Crippen molar-refractivity contribution < 1.29 is 0 Å². The topological polar surface area (TPSA) is 39.1 Å². The largest absolute Gasteiger partial charge is 0.304 e. The highest BCUT2D eigenvalue weighted by Crippen LogP contribution is 2.32. The first-order valence-electron chi connectivity index (χ1n) is 6.04. The molecule has 1 rings (SSSR count). The van der Waals surface area contributed by atoms with Crippen LogP contribution in [0.5, 0.6) is 0 Å². The zero-order valence-electron chi connectivity index (χ0n) is 10.2. The van der Waals surface area contributed by atoms with Gasteiger partial charge in [0.1, 0.15) is 5.54 Å². The number of hydrogen-bond donors (Lipinski definition) is 1. The van der Waals surface area contributed by atoms with Crippen LogP contribution in [0.4, 0.5) is 0 Å². The molecule has 0 bridgehead atoms. The Bertz CT molecular complexity index is 234. The SMILES string of the molecule is CCCNC1(C#N)CCC(N(C)CC)C1. The van der Waals surface area contributed by atoms with Gasteiger partial charge in [0.2, 0.25) is 0 Å². The van der Waals surface area contributed by atoms with Crippen molar-refractivity contribution in [3.63, 3.8) is 0 Å². The molecule has 0 heterocycles. The van der Waals surface area contributed by atoms with Crippen LogP contribution in [0.25, 0.3) is 0 Å². The van der Waals surface area contributed by atoms with Gasteiger partial charge in [0, 0.05) is 6.04 Å². The van der Waals surface area contributed by atoms with Crippen LogP contribution in [0.1, 0.15) is 39.5 Å². The van der Waals surface area contributed by atoms with Crippen LogP contribution in [0.2, 0.25) is 0 Å². The fourth-order valence-electron chi connectivity index (χ4n) is 2.32. The molecular formula is C12H23N3. The molecule has 1 aliphatic rings. The second kappa shape index (κ2) is 5.48. The van der Waals surface area contributed by atoms with Crippen LogP contribution in [0.15, 0.2) is 0 Å². The maximum Gasteiger partial charge on any atom is 0.108 e. The number of hydrogen-bond acceptors (Lipinski definition) is 3. The zero-order valence-corrected chi connectivity index (χ0v) is 10.2. The molecular weight excluding hydrogens is 186 g/mol. The van der Waals surface area contributed by atoms with E-state index in [0.717, 1.165) is 38.8 Å². The first kappa shape index (κ1) is 12.5. The summed E-state index contributed by atoms with van der Waals surface area (Å²) in [5.41, 5.74) is -0.246. The summed E-state index contributed by atoms with van der Waals surface area (Å²) in [5, 5.41) is 12.7. The fraction of sp³-hybridized carbons (Fsp3) is 0.917. The second-order valence-electron chi connectivity index (χ2n) is 4.59. The minimum Gasteiger partial charge on any atom is -0.304 e. The summed E-state index contributed by atoms with van der Waals surface area (Å²) >= 11 is 0. The first-order chi connectivity index (χ1) is 7.17. The predicted octanol–water partition coefficient (Wildman–Crippen LogP) is 1.75. The lowest BCUT2D eigenvalue weighted by Crippen LogP contribution is -2.43. The highest BCUT2D eigenvalue weighted by molar-refractivity contribution is 5.13. The van der Waals surface area contributed by atoms with Gasteiger partial charge < -0.3 is 4.90 Å². The Balaban J connectivity index is 2.53. The maximum atomic E-state index is 9.28. The molecule has 1 saturated carbocycles. The molecule has 1 N–H and O–H groups in total. The molecule has 0 spiro atoms. The maximum absolute atomic E-state index is 9.28. The third-order valence-corrected chi connectivity index (χ3v) is 3.54. The van der Waals surface area contributed by atoms with Gasteiger partial charge in [-0.2, -0.15) is 5.26 Å². The van der Waals surface area contributed by atoms with Gasteiger partial charge in [-0.25, -0.2) is 0 Å². The fourth-order valence-corrected chi connectivity index (χ4v) is 2.32. The summed E-state index contributed by atoms with van der Waals surface area (Å²) < 4.78 is 0. The number of nitrogens with zero attached hydrogens (tertiary/aromatic N) is 2. The summed E-state index contributed by atoms with van der Waals surface area (Å²) in [6, 6.07) is 3.07. The molecule has 2 atom stereocenters. The molecule has 3 heteroatoms. The average Bonchev–Trinajstić information content (AvgIpc) is 2.70. The number of nitrogens with one attached hydrogen (secondary N) is 1. The molecule has 0 aliphatic heterocycles. The Morgan fingerprint density at radius 3 is 2.80 bits per heavy atom. The molecule has 0 amide bonds. The van der Waals surface area contributed by atoms with Crippen molar-refractivity contribution >= 4 is 0 Å². The quantitative estimate of drug-likeness (QED) is 0.750. The van der Waals surface area contributed by atoms with E-state index in [1.54, 1.807) is 0 Å². The molecule has 0 aromatic rings. The molecule has 0 aromatic heterocycles. The summed E-state index contributed by atoms with van der Waals surface area (Å²) in [4.78, 5) is 2.35. The van der Waals surface area contributed by atoms with Gasteiger partial charge >= 0.3 is 0 Å². The van der Waals surface area contributed by atoms with Crippen molar-refractivity contribution in [1.29, 1.82) is 5.26 Å². The van der Waals surface area contributed by atoms with Crippen molar-refractivity contribution in [2.45, 2.75) is 51.1 Å². The second-order valence-corrected chi connectivity index (χ2v) is 4.59. The standard InChI is InChI=1S/C12H23N3/c1-4-8-14-12(10-13)7-6-11(9-12)15(3)5-2/h11,14H,4-9H2,1-3H3. The van der Waals surface area contributed by atoms with Crippen LogP contribution in [-0.4, -0.2) is 36.6 Å². The molecule has 0 radical (unpaired) electrons.